The summed E-state index contributed by atoms with van der Waals surface area (Å²) in [6.45, 7) is 4.86. The van der Waals surface area contributed by atoms with Gasteiger partial charge in [-0.15, -0.1) is 5.71 Å². The van der Waals surface area contributed by atoms with E-state index < -0.39 is 0 Å². The zero-order valence-electron chi connectivity index (χ0n) is 3.69. The smallest absolute Gasteiger partial charge is 0 e. The van der Waals surface area contributed by atoms with E-state index in [0.29, 0.717) is 5.71 Å². The van der Waals surface area contributed by atoms with Crippen LogP contribution in [0.15, 0.2) is 0 Å². The van der Waals surface area contributed by atoms with Gasteiger partial charge in [0.25, 0.3) is 0 Å². The molecule has 3 heteroatoms. The summed E-state index contributed by atoms with van der Waals surface area (Å²) in [5.41, 5.74) is 0.417. The van der Waals surface area contributed by atoms with Gasteiger partial charge in [0.1, 0.15) is 0 Å². The van der Waals surface area contributed by atoms with E-state index in [9.17, 15) is 0 Å². The number of hydrogen-bond donors (Lipinski definition) is 1. The van der Waals surface area contributed by atoms with Crippen molar-refractivity contribution in [3.8, 4) is 0 Å². The van der Waals surface area contributed by atoms with Gasteiger partial charge in [-0.05, 0) is 0 Å². The van der Waals surface area contributed by atoms with Crippen molar-refractivity contribution in [1.29, 1.82) is 5.41 Å². The van der Waals surface area contributed by atoms with Gasteiger partial charge in [0.05, 0.1) is 0 Å². The molecule has 0 unspecified atom stereocenters. The van der Waals surface area contributed by atoms with Gasteiger partial charge in [-0.3, -0.25) is 0 Å². The predicted molar refractivity (Wildman–Crippen MR) is 18.8 cm³/mol. The molecule has 0 saturated carbocycles. The summed E-state index contributed by atoms with van der Waals surface area (Å²) in [5, 5.41) is 6.39. The molecule has 1 nitrogen and oxygen atoms in total. The standard InChI is InChI=1S/C3H6N.W.Y/c1-3(2)4;;/h4H,1H2,2H3;;/q-1;;. The molecule has 0 heterocycles. The van der Waals surface area contributed by atoms with E-state index in [-0.39, 0.29) is 53.8 Å². The van der Waals surface area contributed by atoms with Crippen LogP contribution in [0.4, 0.5) is 0 Å². The molecule has 0 saturated heterocycles. The van der Waals surface area contributed by atoms with Gasteiger partial charge in [0.2, 0.25) is 0 Å². The molecule has 0 fully saturated rings. The summed E-state index contributed by atoms with van der Waals surface area (Å²) >= 11 is 0. The summed E-state index contributed by atoms with van der Waals surface area (Å²) in [4.78, 5) is 0. The van der Waals surface area contributed by atoms with Crippen LogP contribution in [-0.2, 0) is 53.8 Å². The third kappa shape index (κ3) is 56.4. The fourth-order valence-electron chi connectivity index (χ4n) is 0. The Hall–Kier alpha value is 1.33. The quantitative estimate of drug-likeness (QED) is 0.504. The van der Waals surface area contributed by atoms with E-state index in [4.69, 9.17) is 5.41 Å². The van der Waals surface area contributed by atoms with E-state index >= 15 is 0 Å². The largest absolute Gasteiger partial charge is 0.362 e. The molecule has 0 aliphatic carbocycles. The fourth-order valence-corrected chi connectivity index (χ4v) is 0. The molecule has 0 spiro atoms. The summed E-state index contributed by atoms with van der Waals surface area (Å²) in [6.07, 6.45) is 0. The summed E-state index contributed by atoms with van der Waals surface area (Å²) in [6, 6.07) is 0. The topological polar surface area (TPSA) is 23.9 Å². The monoisotopic (exact) mass is 329 g/mol. The van der Waals surface area contributed by atoms with Crippen LogP contribution >= 0.6 is 0 Å². The molecule has 0 aromatic carbocycles. The second kappa shape index (κ2) is 9.59. The molecule has 0 aliphatic rings. The van der Waals surface area contributed by atoms with Crippen LogP contribution in [0, 0.1) is 12.3 Å². The number of nitrogens with one attached hydrogen (secondary N) is 1. The first kappa shape index (κ1) is 15.7. The van der Waals surface area contributed by atoms with Gasteiger partial charge in [-0.1, -0.05) is 6.92 Å². The van der Waals surface area contributed by atoms with Gasteiger partial charge in [-0.2, -0.15) is 0 Å². The van der Waals surface area contributed by atoms with E-state index in [0.717, 1.165) is 0 Å². The number of hydrogen-bond acceptors (Lipinski definition) is 1. The maximum atomic E-state index is 6.39. The van der Waals surface area contributed by atoms with Crippen LogP contribution in [0.3, 0.4) is 0 Å². The average molecular weight is 329 g/mol. The molecule has 1 radical (unpaired) electrons. The molecular weight excluding hydrogens is 323 g/mol. The molecule has 33 valence electrons. The van der Waals surface area contributed by atoms with Crippen LogP contribution in [0.5, 0.6) is 0 Å². The fraction of sp³-hybridized carbons (Fsp3) is 0.333. The van der Waals surface area contributed by atoms with Gasteiger partial charge in [0.15, 0.2) is 0 Å². The average Bonchev–Trinajstić information content (AvgIpc) is 0.811. The van der Waals surface area contributed by atoms with Gasteiger partial charge >= 0.3 is 0 Å². The molecule has 6 heavy (non-hydrogen) atoms. The van der Waals surface area contributed by atoms with E-state index in [1.54, 1.807) is 6.92 Å². The Morgan fingerprint density at radius 3 is 1.67 bits per heavy atom. The Bertz CT molecular complexity index is 33.8. The van der Waals surface area contributed by atoms with Crippen molar-refractivity contribution in [2.24, 2.45) is 0 Å². The van der Waals surface area contributed by atoms with Crippen LogP contribution in [0.1, 0.15) is 6.92 Å². The van der Waals surface area contributed by atoms with Crippen molar-refractivity contribution in [3.63, 3.8) is 0 Å². The Morgan fingerprint density at radius 1 is 1.67 bits per heavy atom. The molecule has 0 rings (SSSR count). The Labute approximate surface area is 77.9 Å². The normalized spacial score (nSPS) is 4.17. The molecule has 0 atom stereocenters. The third-order valence-corrected chi connectivity index (χ3v) is 0. The van der Waals surface area contributed by atoms with Crippen molar-refractivity contribution in [3.05, 3.63) is 6.92 Å². The van der Waals surface area contributed by atoms with E-state index in [2.05, 4.69) is 6.92 Å². The molecule has 1 N–H and O–H groups in total. The minimum Gasteiger partial charge on any atom is -0.362 e. The van der Waals surface area contributed by atoms with Crippen molar-refractivity contribution < 1.29 is 53.8 Å². The maximum absolute atomic E-state index is 6.39. The van der Waals surface area contributed by atoms with Crippen molar-refractivity contribution in [2.75, 3.05) is 0 Å². The Kier molecular flexibility index (Phi) is 25.0. The first-order valence-corrected chi connectivity index (χ1v) is 1.10. The minimum absolute atomic E-state index is 0. The van der Waals surface area contributed by atoms with Crippen molar-refractivity contribution >= 4 is 5.71 Å². The summed E-state index contributed by atoms with van der Waals surface area (Å²) < 4.78 is 0. The molecule has 0 aromatic rings. The van der Waals surface area contributed by atoms with Gasteiger partial charge in [0, 0.05) is 53.8 Å². The SMILES string of the molecule is [CH2-]C(C)=N.[W].[Y]. The summed E-state index contributed by atoms with van der Waals surface area (Å²) in [5.74, 6) is 0. The molecule has 0 bridgehead atoms. The second-order valence-corrected chi connectivity index (χ2v) is 0.780. The zero-order valence-corrected chi connectivity index (χ0v) is 9.46. The molecule has 0 aliphatic heterocycles. The first-order chi connectivity index (χ1) is 1.73. The summed E-state index contributed by atoms with van der Waals surface area (Å²) in [7, 11) is 0. The van der Waals surface area contributed by atoms with Gasteiger partial charge in [-0.25, -0.2) is 0 Å². The Balaban J connectivity index is -0.0000000450. The minimum atomic E-state index is 0. The molecular formula is C3H6NWY-. The van der Waals surface area contributed by atoms with Gasteiger partial charge < -0.3 is 12.3 Å². The zero-order chi connectivity index (χ0) is 3.58. The first-order valence-electron chi connectivity index (χ1n) is 1.10. The Morgan fingerprint density at radius 2 is 1.67 bits per heavy atom. The van der Waals surface area contributed by atoms with Crippen LogP contribution in [0.2, 0.25) is 0 Å². The molecule has 0 aromatic heterocycles. The number of rotatable bonds is 0. The van der Waals surface area contributed by atoms with Crippen LogP contribution < -0.4 is 0 Å². The van der Waals surface area contributed by atoms with Crippen molar-refractivity contribution in [2.45, 2.75) is 6.92 Å². The second-order valence-electron chi connectivity index (χ2n) is 0.780. The van der Waals surface area contributed by atoms with Crippen LogP contribution in [-0.4, -0.2) is 5.71 Å². The van der Waals surface area contributed by atoms with E-state index in [1.165, 1.54) is 0 Å². The third-order valence-electron chi connectivity index (χ3n) is 0. The predicted octanol–water partition coefficient (Wildman–Crippen LogP) is 0.855. The van der Waals surface area contributed by atoms with Crippen LogP contribution in [0.25, 0.3) is 0 Å². The maximum Gasteiger partial charge on any atom is 0 e. The van der Waals surface area contributed by atoms with Crippen molar-refractivity contribution in [1.82, 2.24) is 0 Å². The van der Waals surface area contributed by atoms with E-state index in [1.807, 2.05) is 0 Å². The molecule has 0 amide bonds.